The highest BCUT2D eigenvalue weighted by Gasteiger charge is 2.18. The van der Waals surface area contributed by atoms with Crippen LogP contribution in [-0.4, -0.2) is 25.2 Å². The number of ether oxygens (including phenoxy) is 1. The third kappa shape index (κ3) is 2.12. The molecule has 3 nitrogen and oxygen atoms in total. The molecule has 0 amide bonds. The maximum atomic E-state index is 5.18. The van der Waals surface area contributed by atoms with E-state index in [9.17, 15) is 0 Å². The van der Waals surface area contributed by atoms with Gasteiger partial charge in [0.05, 0.1) is 12.8 Å². The Bertz CT molecular complexity index is 338. The number of hydrogen-bond donors (Lipinski definition) is 1. The van der Waals surface area contributed by atoms with Crippen molar-refractivity contribution in [3.63, 3.8) is 0 Å². The average molecular weight is 206 g/mol. The van der Waals surface area contributed by atoms with E-state index in [1.807, 2.05) is 6.07 Å². The van der Waals surface area contributed by atoms with E-state index in [2.05, 4.69) is 23.3 Å². The maximum absolute atomic E-state index is 5.18. The molecule has 15 heavy (non-hydrogen) atoms. The molecule has 1 aliphatic rings. The Morgan fingerprint density at radius 3 is 3.13 bits per heavy atom. The van der Waals surface area contributed by atoms with Gasteiger partial charge in [-0.15, -0.1) is 0 Å². The van der Waals surface area contributed by atoms with Crippen LogP contribution in [0.5, 0.6) is 5.88 Å². The molecule has 0 fully saturated rings. The van der Waals surface area contributed by atoms with Gasteiger partial charge in [-0.3, -0.25) is 0 Å². The summed E-state index contributed by atoms with van der Waals surface area (Å²) in [5.74, 6) is 1.26. The SMILES string of the molecule is CCC1CNCCc2ccc(OC)nc21. The minimum Gasteiger partial charge on any atom is -0.481 e. The van der Waals surface area contributed by atoms with Crippen molar-refractivity contribution in [1.82, 2.24) is 10.3 Å². The summed E-state index contributed by atoms with van der Waals surface area (Å²) in [6.07, 6.45) is 2.20. The normalized spacial score (nSPS) is 20.5. The van der Waals surface area contributed by atoms with Gasteiger partial charge < -0.3 is 10.1 Å². The van der Waals surface area contributed by atoms with Crippen LogP contribution in [0.3, 0.4) is 0 Å². The van der Waals surface area contributed by atoms with Crippen LogP contribution in [0.25, 0.3) is 0 Å². The molecule has 2 heterocycles. The van der Waals surface area contributed by atoms with Crippen molar-refractivity contribution in [2.75, 3.05) is 20.2 Å². The first kappa shape index (κ1) is 10.4. The molecular formula is C12H18N2O. The minimum atomic E-state index is 0.526. The van der Waals surface area contributed by atoms with Gasteiger partial charge in [-0.25, -0.2) is 4.98 Å². The molecule has 0 aromatic carbocycles. The van der Waals surface area contributed by atoms with Gasteiger partial charge in [-0.1, -0.05) is 13.0 Å². The molecule has 0 saturated carbocycles. The molecular weight excluding hydrogens is 188 g/mol. The second-order valence-electron chi connectivity index (χ2n) is 3.96. The van der Waals surface area contributed by atoms with Gasteiger partial charge in [0.15, 0.2) is 0 Å². The van der Waals surface area contributed by atoms with Crippen molar-refractivity contribution in [3.05, 3.63) is 23.4 Å². The molecule has 82 valence electrons. The highest BCUT2D eigenvalue weighted by atomic mass is 16.5. The monoisotopic (exact) mass is 206 g/mol. The number of methoxy groups -OCH3 is 1. The smallest absolute Gasteiger partial charge is 0.213 e. The summed E-state index contributed by atoms with van der Waals surface area (Å²) in [6, 6.07) is 4.10. The number of rotatable bonds is 2. The first-order valence-electron chi connectivity index (χ1n) is 5.59. The third-order valence-corrected chi connectivity index (χ3v) is 3.04. The molecule has 1 unspecified atom stereocenters. The number of nitrogens with one attached hydrogen (secondary N) is 1. The first-order chi connectivity index (χ1) is 7.35. The van der Waals surface area contributed by atoms with Gasteiger partial charge >= 0.3 is 0 Å². The van der Waals surface area contributed by atoms with Crippen LogP contribution in [0.2, 0.25) is 0 Å². The highest BCUT2D eigenvalue weighted by Crippen LogP contribution is 2.25. The second-order valence-corrected chi connectivity index (χ2v) is 3.96. The molecule has 0 bridgehead atoms. The van der Waals surface area contributed by atoms with Crippen LogP contribution >= 0.6 is 0 Å². The fourth-order valence-electron chi connectivity index (χ4n) is 2.10. The summed E-state index contributed by atoms with van der Waals surface area (Å²) in [4.78, 5) is 4.58. The second kappa shape index (κ2) is 4.62. The fourth-order valence-corrected chi connectivity index (χ4v) is 2.10. The van der Waals surface area contributed by atoms with Crippen molar-refractivity contribution >= 4 is 0 Å². The van der Waals surface area contributed by atoms with E-state index in [4.69, 9.17) is 4.74 Å². The Morgan fingerprint density at radius 2 is 2.40 bits per heavy atom. The summed E-state index contributed by atoms with van der Waals surface area (Å²) < 4.78 is 5.18. The van der Waals surface area contributed by atoms with Gasteiger partial charge in [-0.2, -0.15) is 0 Å². The summed E-state index contributed by atoms with van der Waals surface area (Å²) in [5, 5.41) is 3.45. The van der Waals surface area contributed by atoms with Crippen LogP contribution in [0, 0.1) is 0 Å². The lowest BCUT2D eigenvalue weighted by Gasteiger charge is -2.14. The average Bonchev–Trinajstić information content (AvgIpc) is 2.49. The van der Waals surface area contributed by atoms with Crippen LogP contribution in [0.15, 0.2) is 12.1 Å². The Labute approximate surface area is 90.9 Å². The zero-order chi connectivity index (χ0) is 10.7. The number of aromatic nitrogens is 1. The van der Waals surface area contributed by atoms with Crippen LogP contribution in [0.1, 0.15) is 30.5 Å². The van der Waals surface area contributed by atoms with Crippen molar-refractivity contribution < 1.29 is 4.74 Å². The predicted octanol–water partition coefficient (Wildman–Crippen LogP) is 1.73. The Kier molecular flexibility index (Phi) is 3.21. The van der Waals surface area contributed by atoms with Crippen molar-refractivity contribution in [3.8, 4) is 5.88 Å². The van der Waals surface area contributed by atoms with Gasteiger partial charge in [0, 0.05) is 18.5 Å². The van der Waals surface area contributed by atoms with Gasteiger partial charge in [-0.05, 0) is 24.9 Å². The lowest BCUT2D eigenvalue weighted by molar-refractivity contribution is 0.394. The predicted molar refractivity (Wildman–Crippen MR) is 60.4 cm³/mol. The lowest BCUT2D eigenvalue weighted by atomic mass is 9.97. The summed E-state index contributed by atoms with van der Waals surface area (Å²) in [5.41, 5.74) is 2.59. The van der Waals surface area contributed by atoms with E-state index in [1.54, 1.807) is 7.11 Å². The zero-order valence-corrected chi connectivity index (χ0v) is 9.42. The number of fused-ring (bicyclic) bond motifs is 1. The van der Waals surface area contributed by atoms with Crippen molar-refractivity contribution in [2.24, 2.45) is 0 Å². The van der Waals surface area contributed by atoms with Gasteiger partial charge in [0.25, 0.3) is 0 Å². The van der Waals surface area contributed by atoms with E-state index in [0.29, 0.717) is 5.92 Å². The Hall–Kier alpha value is -1.09. The minimum absolute atomic E-state index is 0.526. The Morgan fingerprint density at radius 1 is 1.53 bits per heavy atom. The van der Waals surface area contributed by atoms with Crippen LogP contribution in [-0.2, 0) is 6.42 Å². The molecule has 1 atom stereocenters. The molecule has 3 heteroatoms. The molecule has 1 aromatic rings. The maximum Gasteiger partial charge on any atom is 0.213 e. The van der Waals surface area contributed by atoms with E-state index in [1.165, 1.54) is 11.3 Å². The molecule has 0 radical (unpaired) electrons. The number of nitrogens with zero attached hydrogens (tertiary/aromatic N) is 1. The number of pyridine rings is 1. The molecule has 1 aromatic heterocycles. The molecule has 1 N–H and O–H groups in total. The molecule has 0 saturated heterocycles. The van der Waals surface area contributed by atoms with Crippen LogP contribution < -0.4 is 10.1 Å². The summed E-state index contributed by atoms with van der Waals surface area (Å²) in [7, 11) is 1.67. The van der Waals surface area contributed by atoms with E-state index >= 15 is 0 Å². The summed E-state index contributed by atoms with van der Waals surface area (Å²) >= 11 is 0. The van der Waals surface area contributed by atoms with Crippen LogP contribution in [0.4, 0.5) is 0 Å². The van der Waals surface area contributed by atoms with E-state index in [0.717, 1.165) is 31.8 Å². The first-order valence-corrected chi connectivity index (χ1v) is 5.59. The standard InChI is InChI=1S/C12H18N2O/c1-3-9-8-13-7-6-10-4-5-11(15-2)14-12(9)10/h4-5,9,13H,3,6-8H2,1-2H3. The molecule has 0 spiro atoms. The fraction of sp³-hybridized carbons (Fsp3) is 0.583. The van der Waals surface area contributed by atoms with Crippen molar-refractivity contribution in [1.29, 1.82) is 0 Å². The van der Waals surface area contributed by atoms with E-state index in [-0.39, 0.29) is 0 Å². The topological polar surface area (TPSA) is 34.1 Å². The summed E-state index contributed by atoms with van der Waals surface area (Å²) in [6.45, 7) is 4.30. The van der Waals surface area contributed by atoms with Gasteiger partial charge in [0.2, 0.25) is 5.88 Å². The molecule has 1 aliphatic heterocycles. The zero-order valence-electron chi connectivity index (χ0n) is 9.42. The number of hydrogen-bond acceptors (Lipinski definition) is 3. The van der Waals surface area contributed by atoms with Gasteiger partial charge in [0.1, 0.15) is 0 Å². The molecule has 0 aliphatic carbocycles. The molecule has 2 rings (SSSR count). The van der Waals surface area contributed by atoms with E-state index < -0.39 is 0 Å². The lowest BCUT2D eigenvalue weighted by Crippen LogP contribution is -2.20. The largest absolute Gasteiger partial charge is 0.481 e. The Balaban J connectivity index is 2.38. The highest BCUT2D eigenvalue weighted by molar-refractivity contribution is 5.30. The third-order valence-electron chi connectivity index (χ3n) is 3.04. The van der Waals surface area contributed by atoms with Crippen molar-refractivity contribution in [2.45, 2.75) is 25.7 Å². The quantitative estimate of drug-likeness (QED) is 0.800.